The van der Waals surface area contributed by atoms with Crippen molar-refractivity contribution in [2.45, 2.75) is 26.3 Å². The highest BCUT2D eigenvalue weighted by Gasteiger charge is 2.22. The van der Waals surface area contributed by atoms with E-state index in [1.54, 1.807) is 0 Å². The Kier molecular flexibility index (Phi) is 5.15. The monoisotopic (exact) mass is 272 g/mol. The lowest BCUT2D eigenvalue weighted by molar-refractivity contribution is -0.141. The van der Waals surface area contributed by atoms with Crippen molar-refractivity contribution in [3.8, 4) is 0 Å². The van der Waals surface area contributed by atoms with E-state index in [1.165, 1.54) is 13.3 Å². The Hall–Kier alpha value is -1.56. The van der Waals surface area contributed by atoms with Crippen molar-refractivity contribution in [2.75, 3.05) is 18.2 Å². The second-order valence-electron chi connectivity index (χ2n) is 4.27. The van der Waals surface area contributed by atoms with E-state index in [0.717, 1.165) is 0 Å². The van der Waals surface area contributed by atoms with E-state index in [1.807, 2.05) is 13.8 Å². The van der Waals surface area contributed by atoms with Crippen molar-refractivity contribution in [2.24, 2.45) is 5.92 Å². The summed E-state index contributed by atoms with van der Waals surface area (Å²) in [5.41, 5.74) is 5.48. The van der Waals surface area contributed by atoms with E-state index in [2.05, 4.69) is 15.3 Å². The Morgan fingerprint density at radius 1 is 1.61 bits per heavy atom. The number of ether oxygens (including phenoxy) is 1. The summed E-state index contributed by atoms with van der Waals surface area (Å²) in [6.45, 7) is 4.02. The average molecular weight is 273 g/mol. The van der Waals surface area contributed by atoms with E-state index in [9.17, 15) is 4.79 Å². The van der Waals surface area contributed by atoms with Crippen LogP contribution in [-0.4, -0.2) is 29.1 Å². The van der Waals surface area contributed by atoms with Crippen molar-refractivity contribution in [3.05, 3.63) is 11.2 Å². The highest BCUT2D eigenvalue weighted by atomic mass is 35.5. The van der Waals surface area contributed by atoms with Gasteiger partial charge in [0, 0.05) is 0 Å². The average Bonchev–Trinajstić information content (AvgIpc) is 2.31. The molecule has 3 N–H and O–H groups in total. The number of nitrogens with two attached hydrogens (primary N) is 1. The molecule has 1 rings (SSSR count). The fourth-order valence-corrected chi connectivity index (χ4v) is 1.62. The molecule has 0 spiro atoms. The third kappa shape index (κ3) is 4.03. The summed E-state index contributed by atoms with van der Waals surface area (Å²) in [6.07, 6.45) is 1.99. The zero-order valence-electron chi connectivity index (χ0n) is 10.6. The largest absolute Gasteiger partial charge is 0.467 e. The molecule has 1 atom stereocenters. The Labute approximate surface area is 111 Å². The number of rotatable bonds is 5. The summed E-state index contributed by atoms with van der Waals surface area (Å²) in [6, 6.07) is -0.512. The number of hydrogen-bond donors (Lipinski definition) is 2. The molecule has 0 aliphatic rings. The Bertz CT molecular complexity index is 426. The van der Waals surface area contributed by atoms with Crippen molar-refractivity contribution in [3.63, 3.8) is 0 Å². The second-order valence-corrected chi connectivity index (χ2v) is 4.68. The number of nitrogens with zero attached hydrogens (tertiary/aromatic N) is 2. The highest BCUT2D eigenvalue weighted by molar-refractivity contribution is 6.32. The maximum absolute atomic E-state index is 11.6. The third-order valence-electron chi connectivity index (χ3n) is 2.27. The number of nitrogen functional groups attached to an aromatic ring is 1. The molecule has 1 aromatic rings. The van der Waals surface area contributed by atoms with Gasteiger partial charge in [0.25, 0.3) is 0 Å². The second kappa shape index (κ2) is 6.39. The van der Waals surface area contributed by atoms with Crippen LogP contribution >= 0.6 is 11.6 Å². The third-order valence-corrected chi connectivity index (χ3v) is 2.54. The minimum absolute atomic E-state index is 0.0927. The fraction of sp³-hybridized carbons (Fsp3) is 0.545. The van der Waals surface area contributed by atoms with Gasteiger partial charge in [-0.15, -0.1) is 0 Å². The first-order chi connectivity index (χ1) is 8.43. The molecular weight excluding hydrogens is 256 g/mol. The van der Waals surface area contributed by atoms with Gasteiger partial charge in [-0.3, -0.25) is 0 Å². The number of halogens is 1. The summed E-state index contributed by atoms with van der Waals surface area (Å²) < 4.78 is 4.74. The van der Waals surface area contributed by atoms with Crippen LogP contribution in [0.2, 0.25) is 5.02 Å². The maximum Gasteiger partial charge on any atom is 0.328 e. The minimum Gasteiger partial charge on any atom is -0.467 e. The summed E-state index contributed by atoms with van der Waals surface area (Å²) in [4.78, 5) is 19.3. The predicted molar refractivity (Wildman–Crippen MR) is 70.3 cm³/mol. The Balaban J connectivity index is 2.88. The van der Waals surface area contributed by atoms with Crippen LogP contribution in [0.5, 0.6) is 0 Å². The molecule has 0 saturated heterocycles. The van der Waals surface area contributed by atoms with Gasteiger partial charge >= 0.3 is 5.97 Å². The maximum atomic E-state index is 11.6. The molecule has 1 heterocycles. The molecule has 0 bridgehead atoms. The lowest BCUT2D eigenvalue weighted by Crippen LogP contribution is -2.32. The normalized spacial score (nSPS) is 12.3. The van der Waals surface area contributed by atoms with Gasteiger partial charge in [0.15, 0.2) is 5.82 Å². The molecule has 0 aliphatic heterocycles. The van der Waals surface area contributed by atoms with Crippen LogP contribution in [0.15, 0.2) is 6.20 Å². The summed E-state index contributed by atoms with van der Waals surface area (Å²) >= 11 is 5.93. The van der Waals surface area contributed by atoms with E-state index >= 15 is 0 Å². The first-order valence-electron chi connectivity index (χ1n) is 5.56. The quantitative estimate of drug-likeness (QED) is 0.793. The number of anilines is 2. The zero-order valence-corrected chi connectivity index (χ0v) is 11.4. The van der Waals surface area contributed by atoms with Crippen molar-refractivity contribution in [1.82, 2.24) is 9.97 Å². The first-order valence-corrected chi connectivity index (χ1v) is 5.94. The van der Waals surface area contributed by atoms with Gasteiger partial charge in [-0.2, -0.15) is 4.98 Å². The van der Waals surface area contributed by atoms with Crippen molar-refractivity contribution >= 4 is 29.3 Å². The van der Waals surface area contributed by atoms with Gasteiger partial charge in [0.05, 0.1) is 13.3 Å². The van der Waals surface area contributed by atoms with Crippen molar-refractivity contribution < 1.29 is 9.53 Å². The van der Waals surface area contributed by atoms with Crippen LogP contribution in [0.25, 0.3) is 0 Å². The smallest absolute Gasteiger partial charge is 0.328 e. The van der Waals surface area contributed by atoms with Gasteiger partial charge in [0.2, 0.25) is 5.95 Å². The minimum atomic E-state index is -0.512. The molecule has 100 valence electrons. The molecule has 0 aromatic carbocycles. The van der Waals surface area contributed by atoms with E-state index in [4.69, 9.17) is 22.1 Å². The van der Waals surface area contributed by atoms with E-state index < -0.39 is 6.04 Å². The van der Waals surface area contributed by atoms with E-state index in [0.29, 0.717) is 23.2 Å². The molecule has 0 radical (unpaired) electrons. The lowest BCUT2D eigenvalue weighted by Gasteiger charge is -2.19. The first kappa shape index (κ1) is 14.5. The van der Waals surface area contributed by atoms with Crippen LogP contribution in [0.3, 0.4) is 0 Å². The Morgan fingerprint density at radius 2 is 2.28 bits per heavy atom. The fourth-order valence-electron chi connectivity index (χ4n) is 1.47. The van der Waals surface area contributed by atoms with Gasteiger partial charge in [-0.25, -0.2) is 9.78 Å². The standard InChI is InChI=1S/C11H17ClN4O2/c1-6(2)4-8(10(17)18-3)15-9-7(12)5-14-11(13)16-9/h5-6,8H,4H2,1-3H3,(H3,13,14,15,16). The number of hydrogen-bond acceptors (Lipinski definition) is 6. The number of methoxy groups -OCH3 is 1. The topological polar surface area (TPSA) is 90.1 Å². The molecular formula is C11H17ClN4O2. The summed E-state index contributed by atoms with van der Waals surface area (Å²) in [5, 5.41) is 3.24. The number of carbonyl (C=O) groups excluding carboxylic acids is 1. The molecule has 1 aromatic heterocycles. The van der Waals surface area contributed by atoms with Gasteiger partial charge < -0.3 is 15.8 Å². The predicted octanol–water partition coefficient (Wildman–Crippen LogP) is 1.71. The van der Waals surface area contributed by atoms with Gasteiger partial charge in [-0.05, 0) is 12.3 Å². The molecule has 18 heavy (non-hydrogen) atoms. The molecule has 1 unspecified atom stereocenters. The van der Waals surface area contributed by atoms with E-state index in [-0.39, 0.29) is 11.9 Å². The van der Waals surface area contributed by atoms with Crippen LogP contribution in [0, 0.1) is 5.92 Å². The van der Waals surface area contributed by atoms with Crippen LogP contribution in [0.4, 0.5) is 11.8 Å². The molecule has 0 amide bonds. The SMILES string of the molecule is COC(=O)C(CC(C)C)Nc1nc(N)ncc1Cl. The van der Waals surface area contributed by atoms with Gasteiger partial charge in [-0.1, -0.05) is 25.4 Å². The van der Waals surface area contributed by atoms with Gasteiger partial charge in [0.1, 0.15) is 11.1 Å². The molecule has 6 nitrogen and oxygen atoms in total. The lowest BCUT2D eigenvalue weighted by atomic mass is 10.0. The molecule has 0 saturated carbocycles. The number of nitrogens with one attached hydrogen (secondary N) is 1. The highest BCUT2D eigenvalue weighted by Crippen LogP contribution is 2.21. The molecule has 0 aliphatic carbocycles. The van der Waals surface area contributed by atoms with Crippen LogP contribution < -0.4 is 11.1 Å². The van der Waals surface area contributed by atoms with Crippen molar-refractivity contribution in [1.29, 1.82) is 0 Å². The van der Waals surface area contributed by atoms with Crippen LogP contribution in [-0.2, 0) is 9.53 Å². The summed E-state index contributed by atoms with van der Waals surface area (Å²) in [5.74, 6) is 0.381. The number of carbonyl (C=O) groups is 1. The number of esters is 1. The Morgan fingerprint density at radius 3 is 2.83 bits per heavy atom. The van der Waals surface area contributed by atoms with Crippen LogP contribution in [0.1, 0.15) is 20.3 Å². The zero-order chi connectivity index (χ0) is 13.7. The number of aromatic nitrogens is 2. The molecule has 7 heteroatoms. The summed E-state index contributed by atoms with van der Waals surface area (Å²) in [7, 11) is 1.34. The molecule has 0 fully saturated rings.